The van der Waals surface area contributed by atoms with Gasteiger partial charge in [-0.3, -0.25) is 4.79 Å². The molecule has 0 aliphatic carbocycles. The van der Waals surface area contributed by atoms with Gasteiger partial charge in [-0.05, 0) is 32.0 Å². The summed E-state index contributed by atoms with van der Waals surface area (Å²) < 4.78 is 23.1. The molecule has 0 fully saturated rings. The van der Waals surface area contributed by atoms with Crippen LogP contribution >= 0.6 is 0 Å². The highest BCUT2D eigenvalue weighted by Gasteiger charge is 2.38. The lowest BCUT2D eigenvalue weighted by molar-refractivity contribution is -0.152. The van der Waals surface area contributed by atoms with Gasteiger partial charge in [0, 0.05) is 11.6 Å². The fourth-order valence-electron chi connectivity index (χ4n) is 1.73. The molecule has 5 heteroatoms. The van der Waals surface area contributed by atoms with Gasteiger partial charge in [0.2, 0.25) is 0 Å². The third-order valence-corrected chi connectivity index (χ3v) is 3.02. The fraction of sp³-hybridized carbons (Fsp3) is 0.462. The first-order valence-electron chi connectivity index (χ1n) is 5.52. The zero-order valence-electron chi connectivity index (χ0n) is 11.0. The minimum atomic E-state index is -0.976. The Kier molecular flexibility index (Phi) is 4.29. The molecule has 0 saturated carbocycles. The van der Waals surface area contributed by atoms with Crippen LogP contribution in [0.5, 0.6) is 5.75 Å². The summed E-state index contributed by atoms with van der Waals surface area (Å²) >= 11 is 0. The first-order valence-corrected chi connectivity index (χ1v) is 5.52. The average Bonchev–Trinajstić information content (AvgIpc) is 2.36. The molecule has 0 radical (unpaired) electrons. The summed E-state index contributed by atoms with van der Waals surface area (Å²) in [4.78, 5) is 11.7. The first-order chi connectivity index (χ1) is 8.34. The van der Waals surface area contributed by atoms with Crippen LogP contribution in [0, 0.1) is 11.2 Å². The highest BCUT2D eigenvalue weighted by Crippen LogP contribution is 2.37. The van der Waals surface area contributed by atoms with Crippen LogP contribution in [0.4, 0.5) is 4.39 Å². The van der Waals surface area contributed by atoms with Crippen molar-refractivity contribution in [3.63, 3.8) is 0 Å². The van der Waals surface area contributed by atoms with Gasteiger partial charge >= 0.3 is 5.97 Å². The molecule has 1 aromatic rings. The van der Waals surface area contributed by atoms with E-state index in [0.717, 1.165) is 0 Å². The van der Waals surface area contributed by atoms with Crippen molar-refractivity contribution in [3.05, 3.63) is 29.6 Å². The number of carbonyl (C=O) groups excluding carboxylic acids is 1. The normalized spacial score (nSPS) is 13.0. The lowest BCUT2D eigenvalue weighted by atomic mass is 9.80. The van der Waals surface area contributed by atoms with Crippen molar-refractivity contribution in [2.45, 2.75) is 19.9 Å². The van der Waals surface area contributed by atoms with Gasteiger partial charge in [-0.2, -0.15) is 0 Å². The summed E-state index contributed by atoms with van der Waals surface area (Å²) in [7, 11) is 2.76. The Labute approximate surface area is 106 Å². The summed E-state index contributed by atoms with van der Waals surface area (Å²) in [6.45, 7) is 3.29. The Bertz CT molecular complexity index is 446. The zero-order valence-corrected chi connectivity index (χ0v) is 11.0. The number of carbonyl (C=O) groups is 1. The van der Waals surface area contributed by atoms with Crippen molar-refractivity contribution in [2.75, 3.05) is 14.2 Å². The van der Waals surface area contributed by atoms with Gasteiger partial charge < -0.3 is 15.2 Å². The van der Waals surface area contributed by atoms with Crippen molar-refractivity contribution < 1.29 is 18.7 Å². The molecule has 0 aromatic heterocycles. The lowest BCUT2D eigenvalue weighted by Crippen LogP contribution is -2.37. The fourth-order valence-corrected chi connectivity index (χ4v) is 1.73. The smallest absolute Gasteiger partial charge is 0.313 e. The molecule has 0 amide bonds. The van der Waals surface area contributed by atoms with Crippen molar-refractivity contribution in [1.82, 2.24) is 0 Å². The minimum absolute atomic E-state index is 0.429. The van der Waals surface area contributed by atoms with Crippen LogP contribution in [0.25, 0.3) is 0 Å². The first kappa shape index (κ1) is 14.4. The summed E-state index contributed by atoms with van der Waals surface area (Å²) in [5.74, 6) is -0.441. The van der Waals surface area contributed by atoms with E-state index in [-0.39, 0.29) is 0 Å². The van der Waals surface area contributed by atoms with E-state index < -0.39 is 23.2 Å². The minimum Gasteiger partial charge on any atom is -0.496 e. The predicted octanol–water partition coefficient (Wildman–Crippen LogP) is 2.03. The van der Waals surface area contributed by atoms with Crippen LogP contribution in [-0.4, -0.2) is 20.2 Å². The van der Waals surface area contributed by atoms with Crippen LogP contribution < -0.4 is 10.5 Å². The molecular formula is C13H18FNO3. The van der Waals surface area contributed by atoms with Gasteiger partial charge in [-0.25, -0.2) is 4.39 Å². The predicted molar refractivity (Wildman–Crippen MR) is 65.7 cm³/mol. The highest BCUT2D eigenvalue weighted by molar-refractivity contribution is 5.77. The van der Waals surface area contributed by atoms with Gasteiger partial charge in [0.05, 0.1) is 19.6 Å². The van der Waals surface area contributed by atoms with Crippen LogP contribution in [0.1, 0.15) is 25.5 Å². The van der Waals surface area contributed by atoms with Crippen molar-refractivity contribution in [2.24, 2.45) is 11.1 Å². The molecule has 0 aliphatic rings. The van der Waals surface area contributed by atoms with E-state index >= 15 is 0 Å². The van der Waals surface area contributed by atoms with Crippen LogP contribution in [0.2, 0.25) is 0 Å². The molecule has 1 atom stereocenters. The molecule has 18 heavy (non-hydrogen) atoms. The largest absolute Gasteiger partial charge is 0.496 e. The molecule has 0 unspecified atom stereocenters. The number of methoxy groups -OCH3 is 2. The maximum atomic E-state index is 13.3. The number of rotatable bonds is 4. The molecule has 4 nitrogen and oxygen atoms in total. The molecule has 100 valence electrons. The molecule has 1 rings (SSSR count). The van der Waals surface area contributed by atoms with Gasteiger partial charge in [-0.1, -0.05) is 0 Å². The number of ether oxygens (including phenoxy) is 2. The molecule has 2 N–H and O–H groups in total. The third-order valence-electron chi connectivity index (χ3n) is 3.02. The highest BCUT2D eigenvalue weighted by atomic mass is 19.1. The van der Waals surface area contributed by atoms with Crippen LogP contribution in [0.3, 0.4) is 0 Å². The molecule has 0 bridgehead atoms. The van der Waals surface area contributed by atoms with E-state index in [1.165, 1.54) is 32.4 Å². The number of hydrogen-bond acceptors (Lipinski definition) is 4. The Morgan fingerprint density at radius 3 is 2.50 bits per heavy atom. The summed E-state index contributed by atoms with van der Waals surface area (Å²) in [6.07, 6.45) is 0. The van der Waals surface area contributed by atoms with E-state index in [1.54, 1.807) is 13.8 Å². The van der Waals surface area contributed by atoms with Gasteiger partial charge in [-0.15, -0.1) is 0 Å². The SMILES string of the molecule is COC(=O)C(C)(C)[C@@H](N)c1cc(F)ccc1OC. The number of benzene rings is 1. The number of hydrogen-bond donors (Lipinski definition) is 1. The maximum Gasteiger partial charge on any atom is 0.313 e. The summed E-state index contributed by atoms with van der Waals surface area (Å²) in [5, 5.41) is 0. The van der Waals surface area contributed by atoms with E-state index in [1.807, 2.05) is 0 Å². The van der Waals surface area contributed by atoms with Crippen LogP contribution in [0.15, 0.2) is 18.2 Å². The van der Waals surface area contributed by atoms with Gasteiger partial charge in [0.15, 0.2) is 0 Å². The summed E-state index contributed by atoms with van der Waals surface area (Å²) in [6, 6.07) is 3.31. The van der Waals surface area contributed by atoms with Crippen LogP contribution in [-0.2, 0) is 9.53 Å². The molecule has 0 saturated heterocycles. The Hall–Kier alpha value is -1.62. The van der Waals surface area contributed by atoms with E-state index in [2.05, 4.69) is 0 Å². The zero-order chi connectivity index (χ0) is 13.9. The average molecular weight is 255 g/mol. The van der Waals surface area contributed by atoms with Crippen molar-refractivity contribution in [3.8, 4) is 5.75 Å². The summed E-state index contributed by atoms with van der Waals surface area (Å²) in [5.41, 5.74) is 5.51. The van der Waals surface area contributed by atoms with Gasteiger partial charge in [0.25, 0.3) is 0 Å². The second kappa shape index (κ2) is 5.35. The molecule has 1 aromatic carbocycles. The molecular weight excluding hydrogens is 237 g/mol. The molecule has 0 heterocycles. The molecule has 0 aliphatic heterocycles. The topological polar surface area (TPSA) is 61.5 Å². The van der Waals surface area contributed by atoms with E-state index in [0.29, 0.717) is 11.3 Å². The molecule has 0 spiro atoms. The lowest BCUT2D eigenvalue weighted by Gasteiger charge is -2.29. The monoisotopic (exact) mass is 255 g/mol. The van der Waals surface area contributed by atoms with Gasteiger partial charge in [0.1, 0.15) is 11.6 Å². The second-order valence-corrected chi connectivity index (χ2v) is 4.58. The van der Waals surface area contributed by atoms with Crippen molar-refractivity contribution >= 4 is 5.97 Å². The second-order valence-electron chi connectivity index (χ2n) is 4.58. The van der Waals surface area contributed by atoms with Crippen molar-refractivity contribution in [1.29, 1.82) is 0 Å². The number of halogens is 1. The third kappa shape index (κ3) is 2.61. The Morgan fingerprint density at radius 1 is 1.39 bits per heavy atom. The quantitative estimate of drug-likeness (QED) is 0.836. The van der Waals surface area contributed by atoms with E-state index in [9.17, 15) is 9.18 Å². The number of nitrogens with two attached hydrogens (primary N) is 1. The Morgan fingerprint density at radius 2 is 2.00 bits per heavy atom. The maximum absolute atomic E-state index is 13.3. The number of esters is 1. The van der Waals surface area contributed by atoms with E-state index in [4.69, 9.17) is 15.2 Å². The standard InChI is InChI=1S/C13H18FNO3/c1-13(2,12(16)18-4)11(15)9-7-8(14)5-6-10(9)17-3/h5-7,11H,15H2,1-4H3/t11-/m0/s1. The Balaban J connectivity index is 3.21.